The van der Waals surface area contributed by atoms with Crippen molar-refractivity contribution in [3.8, 4) is 0 Å². The average molecular weight is 387 g/mol. The van der Waals surface area contributed by atoms with Crippen LogP contribution >= 0.6 is 11.8 Å². The number of hydrogen-bond acceptors (Lipinski definition) is 4. The van der Waals surface area contributed by atoms with Crippen molar-refractivity contribution in [3.05, 3.63) is 48.0 Å². The van der Waals surface area contributed by atoms with Crippen LogP contribution in [0.2, 0.25) is 0 Å². The standard InChI is InChI=1S/C21H30N4OS/c1-4-27-19-8-6-5-7-18(19)21(26)25-15-12-23(13-16-25)11-14-24-10-9-22-20(24)17(2)3/h5-10,17H,4,11-16H2,1-3H3. The van der Waals surface area contributed by atoms with Crippen molar-refractivity contribution in [2.75, 3.05) is 38.5 Å². The van der Waals surface area contributed by atoms with E-state index < -0.39 is 0 Å². The molecule has 146 valence electrons. The molecule has 0 aliphatic carbocycles. The molecule has 2 heterocycles. The Morgan fingerprint density at radius 2 is 1.89 bits per heavy atom. The van der Waals surface area contributed by atoms with Crippen LogP contribution in [-0.2, 0) is 6.54 Å². The van der Waals surface area contributed by atoms with Crippen LogP contribution in [0.15, 0.2) is 41.6 Å². The highest BCUT2D eigenvalue weighted by Crippen LogP contribution is 2.24. The minimum Gasteiger partial charge on any atom is -0.336 e. The van der Waals surface area contributed by atoms with E-state index in [4.69, 9.17) is 0 Å². The van der Waals surface area contributed by atoms with Crippen LogP contribution in [0.3, 0.4) is 0 Å². The van der Waals surface area contributed by atoms with Gasteiger partial charge >= 0.3 is 0 Å². The van der Waals surface area contributed by atoms with Crippen LogP contribution in [-0.4, -0.2) is 63.7 Å². The molecule has 6 heteroatoms. The number of hydrogen-bond donors (Lipinski definition) is 0. The van der Waals surface area contributed by atoms with E-state index in [-0.39, 0.29) is 5.91 Å². The molecular weight excluding hydrogens is 356 g/mol. The fourth-order valence-corrected chi connectivity index (χ4v) is 4.33. The van der Waals surface area contributed by atoms with Gasteiger partial charge in [-0.3, -0.25) is 9.69 Å². The Kier molecular flexibility index (Phi) is 6.96. The first-order chi connectivity index (χ1) is 13.1. The van der Waals surface area contributed by atoms with E-state index in [1.807, 2.05) is 29.3 Å². The third kappa shape index (κ3) is 4.93. The Hall–Kier alpha value is -1.79. The molecule has 1 saturated heterocycles. The second kappa shape index (κ2) is 9.42. The number of carbonyl (C=O) groups is 1. The van der Waals surface area contributed by atoms with Gasteiger partial charge in [-0.15, -0.1) is 11.8 Å². The Bertz CT molecular complexity index is 750. The van der Waals surface area contributed by atoms with Crippen LogP contribution < -0.4 is 0 Å². The van der Waals surface area contributed by atoms with Crippen LogP contribution in [0, 0.1) is 0 Å². The third-order valence-corrected chi connectivity index (χ3v) is 5.95. The van der Waals surface area contributed by atoms with Crippen molar-refractivity contribution >= 4 is 17.7 Å². The Labute approximate surface area is 166 Å². The van der Waals surface area contributed by atoms with E-state index in [0.717, 1.165) is 61.3 Å². The van der Waals surface area contributed by atoms with Gasteiger partial charge in [0, 0.05) is 62.5 Å². The summed E-state index contributed by atoms with van der Waals surface area (Å²) >= 11 is 1.74. The molecule has 0 atom stereocenters. The van der Waals surface area contributed by atoms with Crippen molar-refractivity contribution in [2.45, 2.75) is 38.1 Å². The molecule has 1 aromatic heterocycles. The monoisotopic (exact) mass is 386 g/mol. The van der Waals surface area contributed by atoms with E-state index in [2.05, 4.69) is 47.5 Å². The second-order valence-electron chi connectivity index (χ2n) is 7.20. The fourth-order valence-electron chi connectivity index (χ4n) is 3.53. The van der Waals surface area contributed by atoms with Gasteiger partial charge in [0.2, 0.25) is 0 Å². The summed E-state index contributed by atoms with van der Waals surface area (Å²) in [5, 5.41) is 0. The molecule has 1 aliphatic heterocycles. The molecule has 1 aliphatic rings. The second-order valence-corrected chi connectivity index (χ2v) is 8.50. The zero-order valence-electron chi connectivity index (χ0n) is 16.6. The molecular formula is C21H30N4OS. The number of amides is 1. The summed E-state index contributed by atoms with van der Waals surface area (Å²) in [4.78, 5) is 22.9. The summed E-state index contributed by atoms with van der Waals surface area (Å²) in [5.41, 5.74) is 0.845. The quantitative estimate of drug-likeness (QED) is 0.682. The van der Waals surface area contributed by atoms with E-state index in [9.17, 15) is 4.79 Å². The molecule has 1 amide bonds. The lowest BCUT2D eigenvalue weighted by atomic mass is 10.2. The molecule has 3 rings (SSSR count). The Morgan fingerprint density at radius 3 is 2.59 bits per heavy atom. The number of aromatic nitrogens is 2. The lowest BCUT2D eigenvalue weighted by Gasteiger charge is -2.35. The van der Waals surface area contributed by atoms with Crippen LogP contribution in [0.4, 0.5) is 0 Å². The highest BCUT2D eigenvalue weighted by molar-refractivity contribution is 7.99. The van der Waals surface area contributed by atoms with Crippen molar-refractivity contribution in [3.63, 3.8) is 0 Å². The van der Waals surface area contributed by atoms with Crippen LogP contribution in [0.1, 0.15) is 42.9 Å². The largest absolute Gasteiger partial charge is 0.336 e. The molecule has 0 unspecified atom stereocenters. The van der Waals surface area contributed by atoms with Gasteiger partial charge in [-0.25, -0.2) is 4.98 Å². The molecule has 0 radical (unpaired) electrons. The summed E-state index contributed by atoms with van der Waals surface area (Å²) in [5.74, 6) is 2.73. The van der Waals surface area contributed by atoms with Crippen LogP contribution in [0.5, 0.6) is 0 Å². The molecule has 0 spiro atoms. The zero-order chi connectivity index (χ0) is 19.2. The maximum atomic E-state index is 12.9. The predicted molar refractivity (Wildman–Crippen MR) is 111 cm³/mol. The van der Waals surface area contributed by atoms with Crippen LogP contribution in [0.25, 0.3) is 0 Å². The predicted octanol–water partition coefficient (Wildman–Crippen LogP) is 3.58. The summed E-state index contributed by atoms with van der Waals surface area (Å²) in [6.45, 7) is 11.9. The van der Waals surface area contributed by atoms with E-state index in [0.29, 0.717) is 5.92 Å². The normalized spacial score (nSPS) is 15.5. The van der Waals surface area contributed by atoms with Gasteiger partial charge in [-0.2, -0.15) is 0 Å². The fraction of sp³-hybridized carbons (Fsp3) is 0.524. The molecule has 5 nitrogen and oxygen atoms in total. The number of rotatable bonds is 7. The first kappa shape index (κ1) is 20.0. The van der Waals surface area contributed by atoms with Gasteiger partial charge in [0.15, 0.2) is 0 Å². The highest BCUT2D eigenvalue weighted by Gasteiger charge is 2.23. The van der Waals surface area contributed by atoms with Crippen molar-refractivity contribution in [1.29, 1.82) is 0 Å². The van der Waals surface area contributed by atoms with Gasteiger partial charge in [0.25, 0.3) is 5.91 Å². The van der Waals surface area contributed by atoms with Crippen molar-refractivity contribution in [1.82, 2.24) is 19.4 Å². The van der Waals surface area contributed by atoms with E-state index in [1.54, 1.807) is 11.8 Å². The molecule has 0 bridgehead atoms. The molecule has 27 heavy (non-hydrogen) atoms. The first-order valence-corrected chi connectivity index (χ1v) is 10.8. The van der Waals surface area contributed by atoms with E-state index >= 15 is 0 Å². The van der Waals surface area contributed by atoms with Gasteiger partial charge in [-0.1, -0.05) is 32.9 Å². The summed E-state index contributed by atoms with van der Waals surface area (Å²) < 4.78 is 2.25. The topological polar surface area (TPSA) is 41.4 Å². The zero-order valence-corrected chi connectivity index (χ0v) is 17.4. The number of benzene rings is 1. The maximum Gasteiger partial charge on any atom is 0.255 e. The number of nitrogens with zero attached hydrogens (tertiary/aromatic N) is 4. The van der Waals surface area contributed by atoms with Gasteiger partial charge in [-0.05, 0) is 17.9 Å². The Morgan fingerprint density at radius 1 is 1.15 bits per heavy atom. The molecule has 1 fully saturated rings. The molecule has 0 saturated carbocycles. The lowest BCUT2D eigenvalue weighted by molar-refractivity contribution is 0.0629. The minimum atomic E-state index is 0.169. The first-order valence-electron chi connectivity index (χ1n) is 9.84. The van der Waals surface area contributed by atoms with Gasteiger partial charge in [0.1, 0.15) is 5.82 Å². The minimum absolute atomic E-state index is 0.169. The van der Waals surface area contributed by atoms with Crippen molar-refractivity contribution in [2.24, 2.45) is 0 Å². The smallest absolute Gasteiger partial charge is 0.255 e. The molecule has 2 aromatic rings. The number of thioether (sulfide) groups is 1. The average Bonchev–Trinajstić information content (AvgIpc) is 3.16. The third-order valence-electron chi connectivity index (χ3n) is 5.00. The summed E-state index contributed by atoms with van der Waals surface area (Å²) in [6.07, 6.45) is 3.95. The summed E-state index contributed by atoms with van der Waals surface area (Å²) in [6, 6.07) is 7.98. The number of piperazine rings is 1. The van der Waals surface area contributed by atoms with Gasteiger partial charge in [0.05, 0.1) is 5.56 Å². The SMILES string of the molecule is CCSc1ccccc1C(=O)N1CCN(CCn2ccnc2C(C)C)CC1. The van der Waals surface area contributed by atoms with E-state index in [1.165, 1.54) is 0 Å². The molecule has 0 N–H and O–H groups in total. The lowest BCUT2D eigenvalue weighted by Crippen LogP contribution is -2.49. The number of imidazole rings is 1. The van der Waals surface area contributed by atoms with Crippen molar-refractivity contribution < 1.29 is 4.79 Å². The maximum absolute atomic E-state index is 12.9. The molecule has 1 aromatic carbocycles. The van der Waals surface area contributed by atoms with Gasteiger partial charge < -0.3 is 9.47 Å². The summed E-state index contributed by atoms with van der Waals surface area (Å²) in [7, 11) is 0. The highest BCUT2D eigenvalue weighted by atomic mass is 32.2. The number of carbonyl (C=O) groups excluding carboxylic acids is 1. The Balaban J connectivity index is 1.53.